The third kappa shape index (κ3) is 1.52. The summed E-state index contributed by atoms with van der Waals surface area (Å²) in [5, 5.41) is 8.72. The molecule has 0 fully saturated rings. The highest BCUT2D eigenvalue weighted by Crippen LogP contribution is 2.24. The lowest BCUT2D eigenvalue weighted by Crippen LogP contribution is -1.95. The number of hydrogen-bond donors (Lipinski definition) is 0. The van der Waals surface area contributed by atoms with E-state index in [1.807, 2.05) is 6.07 Å². The molecule has 0 aliphatic rings. The first kappa shape index (κ1) is 9.27. The number of nitrogens with zero attached hydrogens (tertiary/aromatic N) is 1. The van der Waals surface area contributed by atoms with E-state index in [2.05, 4.69) is 0 Å². The minimum Gasteiger partial charge on any atom is -0.495 e. The summed E-state index contributed by atoms with van der Waals surface area (Å²) >= 11 is 0. The molecule has 0 bridgehead atoms. The van der Waals surface area contributed by atoms with Crippen LogP contribution in [0.15, 0.2) is 12.1 Å². The molecule has 0 amide bonds. The van der Waals surface area contributed by atoms with Crippen LogP contribution in [-0.4, -0.2) is 13.4 Å². The van der Waals surface area contributed by atoms with Gasteiger partial charge in [0.25, 0.3) is 0 Å². The number of ether oxygens (including phenoxy) is 1. The third-order valence-corrected chi connectivity index (χ3v) is 1.90. The molecule has 13 heavy (non-hydrogen) atoms. The molecule has 1 rings (SSSR count). The molecule has 0 heterocycles. The predicted molar refractivity (Wildman–Crippen MR) is 47.8 cm³/mol. The van der Waals surface area contributed by atoms with E-state index in [0.29, 0.717) is 22.4 Å². The Hall–Kier alpha value is -1.82. The van der Waals surface area contributed by atoms with Gasteiger partial charge in [0.15, 0.2) is 0 Å². The Morgan fingerprint density at radius 3 is 2.69 bits per heavy atom. The molecule has 1 aromatic carbocycles. The molecule has 0 spiro atoms. The van der Waals surface area contributed by atoms with Gasteiger partial charge in [-0.05, 0) is 19.1 Å². The van der Waals surface area contributed by atoms with Crippen molar-refractivity contribution in [3.05, 3.63) is 28.8 Å². The van der Waals surface area contributed by atoms with Crippen molar-refractivity contribution >= 4 is 6.29 Å². The normalized spacial score (nSPS) is 9.00. The van der Waals surface area contributed by atoms with Gasteiger partial charge in [-0.3, -0.25) is 4.79 Å². The predicted octanol–water partition coefficient (Wildman–Crippen LogP) is 1.69. The number of carbonyl (C=O) groups is 1. The van der Waals surface area contributed by atoms with E-state index in [0.717, 1.165) is 6.29 Å². The standard InChI is InChI=1S/C10H9NO2/c1-7-9(6-12)4-3-8(5-11)10(7)13-2/h3-4,6H,1-2H3. The van der Waals surface area contributed by atoms with Crippen molar-refractivity contribution in [2.45, 2.75) is 6.92 Å². The van der Waals surface area contributed by atoms with E-state index in [9.17, 15) is 4.79 Å². The molecule has 0 atom stereocenters. The van der Waals surface area contributed by atoms with Crippen LogP contribution in [0.3, 0.4) is 0 Å². The first-order valence-corrected chi connectivity index (χ1v) is 3.77. The van der Waals surface area contributed by atoms with E-state index < -0.39 is 0 Å². The second-order valence-corrected chi connectivity index (χ2v) is 2.59. The summed E-state index contributed by atoms with van der Waals surface area (Å²) in [6.45, 7) is 1.75. The highest BCUT2D eigenvalue weighted by atomic mass is 16.5. The van der Waals surface area contributed by atoms with Crippen LogP contribution in [0, 0.1) is 18.3 Å². The maximum absolute atomic E-state index is 10.6. The zero-order valence-electron chi connectivity index (χ0n) is 7.50. The van der Waals surface area contributed by atoms with Crippen LogP contribution in [0.1, 0.15) is 21.5 Å². The summed E-state index contributed by atoms with van der Waals surface area (Å²) in [5.41, 5.74) is 1.71. The number of benzene rings is 1. The van der Waals surface area contributed by atoms with Crippen LogP contribution < -0.4 is 4.74 Å². The van der Waals surface area contributed by atoms with Gasteiger partial charge >= 0.3 is 0 Å². The maximum Gasteiger partial charge on any atom is 0.150 e. The fraction of sp³-hybridized carbons (Fsp3) is 0.200. The fourth-order valence-electron chi connectivity index (χ4n) is 1.19. The van der Waals surface area contributed by atoms with Gasteiger partial charge in [-0.15, -0.1) is 0 Å². The van der Waals surface area contributed by atoms with Gasteiger partial charge in [-0.25, -0.2) is 0 Å². The Morgan fingerprint density at radius 1 is 1.54 bits per heavy atom. The second kappa shape index (κ2) is 3.72. The SMILES string of the molecule is COc1c(C#N)ccc(C=O)c1C. The van der Waals surface area contributed by atoms with Crippen LogP contribution in [0.4, 0.5) is 0 Å². The Morgan fingerprint density at radius 2 is 2.23 bits per heavy atom. The van der Waals surface area contributed by atoms with Crippen LogP contribution in [0.25, 0.3) is 0 Å². The second-order valence-electron chi connectivity index (χ2n) is 2.59. The van der Waals surface area contributed by atoms with Crippen molar-refractivity contribution in [1.82, 2.24) is 0 Å². The lowest BCUT2D eigenvalue weighted by atomic mass is 10.0. The Kier molecular flexibility index (Phi) is 2.65. The minimum atomic E-state index is 0.450. The van der Waals surface area contributed by atoms with Gasteiger partial charge in [-0.2, -0.15) is 5.26 Å². The van der Waals surface area contributed by atoms with Gasteiger partial charge in [0, 0.05) is 11.1 Å². The summed E-state index contributed by atoms with van der Waals surface area (Å²) in [7, 11) is 1.48. The van der Waals surface area contributed by atoms with Crippen molar-refractivity contribution in [2.75, 3.05) is 7.11 Å². The van der Waals surface area contributed by atoms with Gasteiger partial charge in [0.1, 0.15) is 18.1 Å². The Labute approximate surface area is 76.6 Å². The number of hydrogen-bond acceptors (Lipinski definition) is 3. The van der Waals surface area contributed by atoms with E-state index >= 15 is 0 Å². The van der Waals surface area contributed by atoms with Crippen molar-refractivity contribution in [1.29, 1.82) is 5.26 Å². The monoisotopic (exact) mass is 175 g/mol. The summed E-state index contributed by atoms with van der Waals surface area (Å²) in [5.74, 6) is 0.479. The molecule has 0 aliphatic carbocycles. The minimum absolute atomic E-state index is 0.450. The molecule has 0 saturated heterocycles. The van der Waals surface area contributed by atoms with Crippen molar-refractivity contribution in [3.63, 3.8) is 0 Å². The quantitative estimate of drug-likeness (QED) is 0.642. The first-order valence-electron chi connectivity index (χ1n) is 3.77. The lowest BCUT2D eigenvalue weighted by molar-refractivity contribution is 0.112. The van der Waals surface area contributed by atoms with Crippen molar-refractivity contribution in [2.24, 2.45) is 0 Å². The molecule has 0 saturated carbocycles. The summed E-state index contributed by atoms with van der Waals surface area (Å²) < 4.78 is 5.03. The van der Waals surface area contributed by atoms with E-state index in [1.165, 1.54) is 7.11 Å². The summed E-state index contributed by atoms with van der Waals surface area (Å²) in [6.07, 6.45) is 0.749. The van der Waals surface area contributed by atoms with E-state index in [1.54, 1.807) is 19.1 Å². The largest absolute Gasteiger partial charge is 0.495 e. The van der Waals surface area contributed by atoms with Crippen LogP contribution in [-0.2, 0) is 0 Å². The molecule has 1 aromatic rings. The molecular formula is C10H9NO2. The molecular weight excluding hydrogens is 166 g/mol. The Bertz CT molecular complexity index is 377. The lowest BCUT2D eigenvalue weighted by Gasteiger charge is -2.07. The molecule has 66 valence electrons. The van der Waals surface area contributed by atoms with Crippen LogP contribution in [0.2, 0.25) is 0 Å². The summed E-state index contributed by atoms with van der Waals surface area (Å²) in [6, 6.07) is 5.19. The zero-order chi connectivity index (χ0) is 9.84. The average Bonchev–Trinajstić information content (AvgIpc) is 2.17. The number of aldehydes is 1. The number of nitriles is 1. The molecule has 0 N–H and O–H groups in total. The number of rotatable bonds is 2. The topological polar surface area (TPSA) is 50.1 Å². The molecule has 0 aromatic heterocycles. The molecule has 0 unspecified atom stereocenters. The Balaban J connectivity index is 3.42. The maximum atomic E-state index is 10.6. The molecule has 3 heteroatoms. The molecule has 3 nitrogen and oxygen atoms in total. The highest BCUT2D eigenvalue weighted by molar-refractivity contribution is 5.79. The van der Waals surface area contributed by atoms with E-state index in [-0.39, 0.29) is 0 Å². The molecule has 0 aliphatic heterocycles. The van der Waals surface area contributed by atoms with Crippen LogP contribution in [0.5, 0.6) is 5.75 Å². The zero-order valence-corrected chi connectivity index (χ0v) is 7.50. The fourth-order valence-corrected chi connectivity index (χ4v) is 1.19. The average molecular weight is 175 g/mol. The first-order chi connectivity index (χ1) is 6.24. The van der Waals surface area contributed by atoms with Crippen LogP contribution >= 0.6 is 0 Å². The smallest absolute Gasteiger partial charge is 0.150 e. The highest BCUT2D eigenvalue weighted by Gasteiger charge is 2.08. The number of carbonyl (C=O) groups excluding carboxylic acids is 1. The van der Waals surface area contributed by atoms with E-state index in [4.69, 9.17) is 10.00 Å². The van der Waals surface area contributed by atoms with Gasteiger partial charge in [0.2, 0.25) is 0 Å². The van der Waals surface area contributed by atoms with Gasteiger partial charge in [0.05, 0.1) is 12.7 Å². The summed E-state index contributed by atoms with van der Waals surface area (Å²) in [4.78, 5) is 10.6. The molecule has 0 radical (unpaired) electrons. The third-order valence-electron chi connectivity index (χ3n) is 1.90. The van der Waals surface area contributed by atoms with Gasteiger partial charge in [-0.1, -0.05) is 0 Å². The van der Waals surface area contributed by atoms with Crippen molar-refractivity contribution < 1.29 is 9.53 Å². The van der Waals surface area contributed by atoms with Crippen molar-refractivity contribution in [3.8, 4) is 11.8 Å². The van der Waals surface area contributed by atoms with Gasteiger partial charge < -0.3 is 4.74 Å². The number of methoxy groups -OCH3 is 1.